The molecule has 0 saturated carbocycles. The van der Waals surface area contributed by atoms with Gasteiger partial charge in [0.25, 0.3) is 0 Å². The summed E-state index contributed by atoms with van der Waals surface area (Å²) in [6.45, 7) is 6.85. The Morgan fingerprint density at radius 3 is 2.32 bits per heavy atom. The number of hydrogen-bond donors (Lipinski definition) is 1. The van der Waals surface area contributed by atoms with E-state index in [0.717, 1.165) is 39.3 Å². The lowest BCUT2D eigenvalue weighted by atomic mass is 10.0. The predicted octanol–water partition coefficient (Wildman–Crippen LogP) is 0.919. The number of nitrogens with zero attached hydrogens (tertiary/aromatic N) is 2. The van der Waals surface area contributed by atoms with E-state index in [1.807, 2.05) is 23.1 Å². The first kappa shape index (κ1) is 18.0. The van der Waals surface area contributed by atoms with Gasteiger partial charge in [-0.05, 0) is 45.0 Å². The van der Waals surface area contributed by atoms with E-state index in [0.29, 0.717) is 11.8 Å². The summed E-state index contributed by atoms with van der Waals surface area (Å²) in [6.07, 6.45) is 2.35. The zero-order valence-corrected chi connectivity index (χ0v) is 14.8. The van der Waals surface area contributed by atoms with E-state index in [9.17, 15) is 9.59 Å². The molecule has 0 bridgehead atoms. The van der Waals surface area contributed by atoms with Crippen molar-refractivity contribution >= 4 is 11.8 Å². The third kappa shape index (κ3) is 4.66. The Labute approximate surface area is 149 Å². The molecule has 6 nitrogen and oxygen atoms in total. The van der Waals surface area contributed by atoms with Crippen LogP contribution >= 0.6 is 0 Å². The Bertz CT molecular complexity index is 579. The summed E-state index contributed by atoms with van der Waals surface area (Å²) in [6, 6.07) is 8.74. The van der Waals surface area contributed by atoms with Gasteiger partial charge >= 0.3 is 5.97 Å². The number of ether oxygens (including phenoxy) is 1. The van der Waals surface area contributed by atoms with Crippen LogP contribution in [0, 0.1) is 0 Å². The van der Waals surface area contributed by atoms with Gasteiger partial charge in [-0.3, -0.25) is 14.6 Å². The van der Waals surface area contributed by atoms with E-state index in [1.165, 1.54) is 19.8 Å². The highest BCUT2D eigenvalue weighted by molar-refractivity contribution is 6.02. The molecule has 0 amide bonds. The van der Waals surface area contributed by atoms with Crippen LogP contribution in [0.3, 0.4) is 0 Å². The van der Waals surface area contributed by atoms with Crippen molar-refractivity contribution in [2.45, 2.75) is 31.8 Å². The Morgan fingerprint density at radius 2 is 1.72 bits per heavy atom. The van der Waals surface area contributed by atoms with Crippen LogP contribution in [0.2, 0.25) is 0 Å². The molecule has 0 spiro atoms. The van der Waals surface area contributed by atoms with Crippen LogP contribution in [0.5, 0.6) is 5.75 Å². The van der Waals surface area contributed by atoms with Crippen molar-refractivity contribution in [3.05, 3.63) is 30.3 Å². The maximum Gasteiger partial charge on any atom is 0.336 e. The van der Waals surface area contributed by atoms with Crippen molar-refractivity contribution in [1.82, 2.24) is 15.1 Å². The van der Waals surface area contributed by atoms with Crippen molar-refractivity contribution in [2.75, 3.05) is 39.3 Å². The van der Waals surface area contributed by atoms with Crippen LogP contribution in [0.1, 0.15) is 19.8 Å². The lowest BCUT2D eigenvalue weighted by Crippen LogP contribution is -2.58. The Morgan fingerprint density at radius 1 is 1.08 bits per heavy atom. The number of Topliss-reactive ketones (excluding diaryl/α,β-unsaturated/α-hetero) is 1. The first-order valence-corrected chi connectivity index (χ1v) is 9.11. The minimum Gasteiger partial charge on any atom is -0.425 e. The molecule has 2 fully saturated rings. The number of hydrogen-bond acceptors (Lipinski definition) is 6. The first-order valence-electron chi connectivity index (χ1n) is 9.11. The van der Waals surface area contributed by atoms with E-state index in [-0.39, 0.29) is 5.78 Å². The Kier molecular flexibility index (Phi) is 6.18. The molecule has 0 aliphatic carbocycles. The number of esters is 1. The number of rotatable bonds is 5. The number of carbonyl (C=O) groups excluding carboxylic acids is 2. The van der Waals surface area contributed by atoms with Gasteiger partial charge in [-0.25, -0.2) is 4.79 Å². The summed E-state index contributed by atoms with van der Waals surface area (Å²) in [5.74, 6) is -0.155. The SMILES string of the molecule is CC(=O)C(C(=O)Oc1ccccc1)N1CCN(C2CCNCC2)CC1. The molecule has 6 heteroatoms. The second-order valence-electron chi connectivity index (χ2n) is 6.80. The van der Waals surface area contributed by atoms with E-state index in [2.05, 4.69) is 10.2 Å². The molecule has 2 saturated heterocycles. The zero-order chi connectivity index (χ0) is 17.6. The summed E-state index contributed by atoms with van der Waals surface area (Å²) >= 11 is 0. The fourth-order valence-corrected chi connectivity index (χ4v) is 3.77. The lowest BCUT2D eigenvalue weighted by molar-refractivity contribution is -0.146. The van der Waals surface area contributed by atoms with Gasteiger partial charge < -0.3 is 10.1 Å². The van der Waals surface area contributed by atoms with E-state index >= 15 is 0 Å². The summed E-state index contributed by atoms with van der Waals surface area (Å²) in [5, 5.41) is 3.39. The molecule has 2 aliphatic heterocycles. The molecule has 0 radical (unpaired) electrons. The molecule has 1 aromatic rings. The maximum atomic E-state index is 12.5. The molecular formula is C19H27N3O3. The number of nitrogens with one attached hydrogen (secondary N) is 1. The number of ketones is 1. The van der Waals surface area contributed by atoms with Crippen molar-refractivity contribution in [3.63, 3.8) is 0 Å². The molecule has 1 aromatic carbocycles. The van der Waals surface area contributed by atoms with Crippen LogP contribution < -0.4 is 10.1 Å². The van der Waals surface area contributed by atoms with Crippen LogP contribution in [0.4, 0.5) is 0 Å². The molecule has 2 heterocycles. The normalized spacial score (nSPS) is 21.6. The average Bonchev–Trinajstić information content (AvgIpc) is 2.64. The maximum absolute atomic E-state index is 12.5. The highest BCUT2D eigenvalue weighted by Crippen LogP contribution is 2.17. The lowest BCUT2D eigenvalue weighted by Gasteiger charge is -2.42. The van der Waals surface area contributed by atoms with E-state index in [4.69, 9.17) is 4.74 Å². The highest BCUT2D eigenvalue weighted by Gasteiger charge is 2.35. The summed E-state index contributed by atoms with van der Waals surface area (Å²) in [5.41, 5.74) is 0. The second-order valence-corrected chi connectivity index (χ2v) is 6.80. The van der Waals surface area contributed by atoms with Crippen molar-refractivity contribution in [3.8, 4) is 5.75 Å². The Balaban J connectivity index is 1.58. The third-order valence-electron chi connectivity index (χ3n) is 5.11. The Hall–Kier alpha value is -1.76. The van der Waals surface area contributed by atoms with Gasteiger partial charge in [-0.15, -0.1) is 0 Å². The van der Waals surface area contributed by atoms with Crippen molar-refractivity contribution < 1.29 is 14.3 Å². The topological polar surface area (TPSA) is 61.9 Å². The van der Waals surface area contributed by atoms with Gasteiger partial charge in [0, 0.05) is 32.2 Å². The second kappa shape index (κ2) is 8.56. The standard InChI is InChI=1S/C19H27N3O3/c1-15(23)18(19(24)25-17-5-3-2-4-6-17)22-13-11-21(12-14-22)16-7-9-20-10-8-16/h2-6,16,18,20H,7-14H2,1H3. The molecule has 3 rings (SSSR count). The average molecular weight is 345 g/mol. The van der Waals surface area contributed by atoms with Gasteiger partial charge in [0.1, 0.15) is 5.75 Å². The smallest absolute Gasteiger partial charge is 0.336 e. The van der Waals surface area contributed by atoms with Gasteiger partial charge in [0.05, 0.1) is 0 Å². The number of piperidine rings is 1. The van der Waals surface area contributed by atoms with Gasteiger partial charge in [0.15, 0.2) is 11.8 Å². The quantitative estimate of drug-likeness (QED) is 0.486. The molecule has 1 N–H and O–H groups in total. The monoisotopic (exact) mass is 345 g/mol. The summed E-state index contributed by atoms with van der Waals surface area (Å²) < 4.78 is 5.41. The summed E-state index contributed by atoms with van der Waals surface area (Å²) in [7, 11) is 0. The fourth-order valence-electron chi connectivity index (χ4n) is 3.77. The molecule has 136 valence electrons. The molecular weight excluding hydrogens is 318 g/mol. The van der Waals surface area contributed by atoms with Crippen LogP contribution in [-0.2, 0) is 9.59 Å². The van der Waals surface area contributed by atoms with E-state index < -0.39 is 12.0 Å². The van der Waals surface area contributed by atoms with Crippen molar-refractivity contribution in [1.29, 1.82) is 0 Å². The molecule has 1 unspecified atom stereocenters. The third-order valence-corrected chi connectivity index (χ3v) is 5.11. The van der Waals surface area contributed by atoms with Gasteiger partial charge in [0.2, 0.25) is 0 Å². The van der Waals surface area contributed by atoms with Crippen LogP contribution in [-0.4, -0.2) is 72.9 Å². The van der Waals surface area contributed by atoms with Crippen LogP contribution in [0.25, 0.3) is 0 Å². The molecule has 25 heavy (non-hydrogen) atoms. The number of carbonyl (C=O) groups is 2. The molecule has 2 aliphatic rings. The number of para-hydroxylation sites is 1. The highest BCUT2D eigenvalue weighted by atomic mass is 16.5. The largest absolute Gasteiger partial charge is 0.425 e. The predicted molar refractivity (Wildman–Crippen MR) is 95.6 cm³/mol. The zero-order valence-electron chi connectivity index (χ0n) is 14.8. The minimum atomic E-state index is -0.810. The van der Waals surface area contributed by atoms with Gasteiger partial charge in [-0.2, -0.15) is 0 Å². The summed E-state index contributed by atoms with van der Waals surface area (Å²) in [4.78, 5) is 29.1. The van der Waals surface area contributed by atoms with Gasteiger partial charge in [-0.1, -0.05) is 18.2 Å². The van der Waals surface area contributed by atoms with Crippen LogP contribution in [0.15, 0.2) is 30.3 Å². The molecule has 0 aromatic heterocycles. The van der Waals surface area contributed by atoms with Crippen molar-refractivity contribution in [2.24, 2.45) is 0 Å². The number of benzene rings is 1. The minimum absolute atomic E-state index is 0.156. The number of piperazine rings is 1. The van der Waals surface area contributed by atoms with E-state index in [1.54, 1.807) is 12.1 Å². The fraction of sp³-hybridized carbons (Fsp3) is 0.579. The first-order chi connectivity index (χ1) is 12.1. The molecule has 1 atom stereocenters.